The summed E-state index contributed by atoms with van der Waals surface area (Å²) in [5.41, 5.74) is 0.837. The van der Waals surface area contributed by atoms with Gasteiger partial charge in [0.15, 0.2) is 0 Å². The van der Waals surface area contributed by atoms with E-state index in [4.69, 9.17) is 0 Å². The molecule has 0 fully saturated rings. The maximum atomic E-state index is 10.8. The zero-order valence-corrected chi connectivity index (χ0v) is 8.46. The number of benzene rings is 1. The lowest BCUT2D eigenvalue weighted by molar-refractivity contribution is 0.420. The molecule has 0 bridgehead atoms. The molecule has 3 rings (SSSR count). The number of rotatable bonds is 0. The van der Waals surface area contributed by atoms with Crippen LogP contribution in [0.1, 0.15) is 0 Å². The van der Waals surface area contributed by atoms with E-state index in [9.17, 15) is 4.79 Å². The van der Waals surface area contributed by atoms with Crippen molar-refractivity contribution in [3.05, 3.63) is 65.3 Å². The molecule has 0 aliphatic heterocycles. The Kier molecular flexibility index (Phi) is 3.13. The van der Waals surface area contributed by atoms with Gasteiger partial charge in [-0.3, -0.25) is 4.79 Å². The zero-order valence-electron chi connectivity index (χ0n) is 8.46. The van der Waals surface area contributed by atoms with Crippen molar-refractivity contribution in [1.82, 2.24) is 10.1 Å². The molecule has 0 spiro atoms. The number of hydrogen-bond donors (Lipinski definition) is 1. The van der Waals surface area contributed by atoms with E-state index in [0.717, 1.165) is 10.9 Å². The molecule has 0 atom stereocenters. The number of para-hydroxylation sites is 1. The largest absolute Gasteiger partial charge is 0.365 e. The van der Waals surface area contributed by atoms with Crippen molar-refractivity contribution in [2.24, 2.45) is 0 Å². The van der Waals surface area contributed by atoms with Crippen molar-refractivity contribution < 1.29 is 4.52 Å². The molecule has 80 valence electrons. The van der Waals surface area contributed by atoms with Crippen LogP contribution in [-0.2, 0) is 0 Å². The monoisotopic (exact) mass is 214 g/mol. The molecule has 2 heterocycles. The first kappa shape index (κ1) is 10.2. The molecular formula is C12H10N2O2. The molecule has 0 aliphatic rings. The van der Waals surface area contributed by atoms with Gasteiger partial charge in [0.25, 0.3) is 0 Å². The minimum Gasteiger partial charge on any atom is -0.365 e. The van der Waals surface area contributed by atoms with Crippen LogP contribution in [0.3, 0.4) is 0 Å². The average Bonchev–Trinajstić information content (AvgIpc) is 2.87. The summed E-state index contributed by atoms with van der Waals surface area (Å²) in [5.74, 6) is 0. The Balaban J connectivity index is 0.000000162. The topological polar surface area (TPSA) is 58.9 Å². The quantitative estimate of drug-likeness (QED) is 0.624. The Bertz CT molecular complexity index is 582. The minimum atomic E-state index is -0.0521. The number of aromatic nitrogens is 2. The number of fused-ring (bicyclic) bond motifs is 1. The van der Waals surface area contributed by atoms with Crippen LogP contribution in [0, 0.1) is 0 Å². The van der Waals surface area contributed by atoms with Crippen LogP contribution < -0.4 is 5.56 Å². The molecule has 0 unspecified atom stereocenters. The lowest BCUT2D eigenvalue weighted by atomic mass is 10.2. The smallest absolute Gasteiger partial charge is 0.248 e. The molecule has 3 aromatic rings. The van der Waals surface area contributed by atoms with Crippen molar-refractivity contribution in [3.63, 3.8) is 0 Å². The second-order valence-electron chi connectivity index (χ2n) is 3.10. The highest BCUT2D eigenvalue weighted by molar-refractivity contribution is 5.77. The number of H-pyrrole nitrogens is 1. The summed E-state index contributed by atoms with van der Waals surface area (Å²) in [6.07, 6.45) is 3.10. The highest BCUT2D eigenvalue weighted by Crippen LogP contribution is 2.06. The van der Waals surface area contributed by atoms with E-state index in [1.165, 1.54) is 12.3 Å². The standard InChI is InChI=1S/C9H7NO.C3H3NO/c11-9-6-5-7-3-1-2-4-8(7)10-9;1-2-4-5-3-1/h1-6H,(H,10,11);1-3H. The number of pyridine rings is 1. The van der Waals surface area contributed by atoms with Gasteiger partial charge in [-0.2, -0.15) is 0 Å². The summed E-state index contributed by atoms with van der Waals surface area (Å²) >= 11 is 0. The third-order valence-electron chi connectivity index (χ3n) is 1.98. The van der Waals surface area contributed by atoms with Gasteiger partial charge in [-0.15, -0.1) is 0 Å². The van der Waals surface area contributed by atoms with Gasteiger partial charge in [0.2, 0.25) is 5.56 Å². The molecule has 1 aromatic carbocycles. The van der Waals surface area contributed by atoms with Gasteiger partial charge in [0, 0.05) is 11.6 Å². The molecule has 0 saturated heterocycles. The van der Waals surface area contributed by atoms with Crippen LogP contribution >= 0.6 is 0 Å². The highest BCUT2D eigenvalue weighted by Gasteiger charge is 1.89. The summed E-state index contributed by atoms with van der Waals surface area (Å²) < 4.78 is 4.33. The molecule has 0 saturated carbocycles. The maximum absolute atomic E-state index is 10.8. The fraction of sp³-hybridized carbons (Fsp3) is 0. The summed E-state index contributed by atoms with van der Waals surface area (Å²) in [7, 11) is 0. The average molecular weight is 214 g/mol. The van der Waals surface area contributed by atoms with E-state index < -0.39 is 0 Å². The molecule has 4 nitrogen and oxygen atoms in total. The molecule has 1 N–H and O–H groups in total. The predicted octanol–water partition coefficient (Wildman–Crippen LogP) is 2.20. The van der Waals surface area contributed by atoms with Crippen LogP contribution in [0.25, 0.3) is 10.9 Å². The Labute approximate surface area is 91.5 Å². The molecule has 16 heavy (non-hydrogen) atoms. The van der Waals surface area contributed by atoms with Gasteiger partial charge in [-0.05, 0) is 23.6 Å². The molecule has 0 radical (unpaired) electrons. The van der Waals surface area contributed by atoms with Gasteiger partial charge in [-0.1, -0.05) is 23.4 Å². The second kappa shape index (κ2) is 4.93. The first-order chi connectivity index (χ1) is 7.86. The van der Waals surface area contributed by atoms with E-state index in [1.54, 1.807) is 12.3 Å². The fourth-order valence-electron chi connectivity index (χ4n) is 1.27. The van der Waals surface area contributed by atoms with Crippen LogP contribution in [0.15, 0.2) is 64.2 Å². The highest BCUT2D eigenvalue weighted by atomic mass is 16.5. The summed E-state index contributed by atoms with van der Waals surface area (Å²) in [6.45, 7) is 0. The van der Waals surface area contributed by atoms with Crippen molar-refractivity contribution in [3.8, 4) is 0 Å². The first-order valence-corrected chi connectivity index (χ1v) is 4.79. The van der Waals surface area contributed by atoms with Gasteiger partial charge >= 0.3 is 0 Å². The zero-order chi connectivity index (χ0) is 11.2. The van der Waals surface area contributed by atoms with E-state index >= 15 is 0 Å². The Morgan fingerprint density at radius 2 is 1.94 bits per heavy atom. The normalized spacial score (nSPS) is 9.50. The van der Waals surface area contributed by atoms with E-state index in [2.05, 4.69) is 14.7 Å². The molecule has 0 amide bonds. The van der Waals surface area contributed by atoms with Crippen LogP contribution in [0.5, 0.6) is 0 Å². The van der Waals surface area contributed by atoms with E-state index in [0.29, 0.717) is 0 Å². The van der Waals surface area contributed by atoms with Crippen LogP contribution in [0.2, 0.25) is 0 Å². The third kappa shape index (κ3) is 2.57. The van der Waals surface area contributed by atoms with Crippen molar-refractivity contribution in [2.75, 3.05) is 0 Å². The second-order valence-corrected chi connectivity index (χ2v) is 3.10. The Morgan fingerprint density at radius 3 is 2.62 bits per heavy atom. The first-order valence-electron chi connectivity index (χ1n) is 4.79. The Hall–Kier alpha value is -2.36. The minimum absolute atomic E-state index is 0.0521. The third-order valence-corrected chi connectivity index (χ3v) is 1.98. The van der Waals surface area contributed by atoms with Gasteiger partial charge in [0.05, 0.1) is 6.20 Å². The number of hydrogen-bond acceptors (Lipinski definition) is 3. The number of aromatic amines is 1. The van der Waals surface area contributed by atoms with Crippen LogP contribution in [0.4, 0.5) is 0 Å². The molecule has 4 heteroatoms. The van der Waals surface area contributed by atoms with E-state index in [-0.39, 0.29) is 5.56 Å². The lowest BCUT2D eigenvalue weighted by Crippen LogP contribution is -2.01. The SMILES string of the molecule is O=c1ccc2ccccc2[nH]1.c1cnoc1. The maximum Gasteiger partial charge on any atom is 0.248 e. The van der Waals surface area contributed by atoms with Gasteiger partial charge in [-0.25, -0.2) is 0 Å². The molecule has 2 aromatic heterocycles. The molecular weight excluding hydrogens is 204 g/mol. The van der Waals surface area contributed by atoms with E-state index in [1.807, 2.05) is 30.3 Å². The van der Waals surface area contributed by atoms with Crippen molar-refractivity contribution in [1.29, 1.82) is 0 Å². The lowest BCUT2D eigenvalue weighted by Gasteiger charge is -1.93. The number of nitrogens with one attached hydrogen (secondary N) is 1. The number of nitrogens with zero attached hydrogens (tertiary/aromatic N) is 1. The summed E-state index contributed by atoms with van der Waals surface area (Å²) in [6, 6.07) is 12.8. The Morgan fingerprint density at radius 1 is 1.06 bits per heavy atom. The predicted molar refractivity (Wildman–Crippen MR) is 61.1 cm³/mol. The van der Waals surface area contributed by atoms with Gasteiger partial charge < -0.3 is 9.51 Å². The fourth-order valence-corrected chi connectivity index (χ4v) is 1.27. The summed E-state index contributed by atoms with van der Waals surface area (Å²) in [4.78, 5) is 13.6. The molecule has 0 aliphatic carbocycles. The van der Waals surface area contributed by atoms with Crippen molar-refractivity contribution >= 4 is 10.9 Å². The summed E-state index contributed by atoms with van der Waals surface area (Å²) in [5, 5.41) is 4.41. The van der Waals surface area contributed by atoms with Gasteiger partial charge in [0.1, 0.15) is 6.26 Å². The van der Waals surface area contributed by atoms with Crippen LogP contribution in [-0.4, -0.2) is 10.1 Å². The van der Waals surface area contributed by atoms with Crippen molar-refractivity contribution in [2.45, 2.75) is 0 Å².